The van der Waals surface area contributed by atoms with E-state index in [1.807, 2.05) is 22.2 Å². The predicted molar refractivity (Wildman–Crippen MR) is 39.9 cm³/mol. The molecule has 0 amide bonds. The van der Waals surface area contributed by atoms with E-state index in [9.17, 15) is 0 Å². The highest BCUT2D eigenvalue weighted by Crippen LogP contribution is 2.13. The third-order valence-electron chi connectivity index (χ3n) is 1.09. The number of ether oxygens (including phenoxy) is 1. The van der Waals surface area contributed by atoms with Crippen molar-refractivity contribution in [1.29, 1.82) is 0 Å². The van der Waals surface area contributed by atoms with Crippen LogP contribution in [-0.4, -0.2) is 17.6 Å². The van der Waals surface area contributed by atoms with Crippen LogP contribution in [0.3, 0.4) is 0 Å². The van der Waals surface area contributed by atoms with Gasteiger partial charge in [0.2, 0.25) is 0 Å². The molecule has 0 saturated carbocycles. The number of hydrogen-bond acceptors (Lipinski definition) is 2. The van der Waals surface area contributed by atoms with Gasteiger partial charge in [0, 0.05) is 0 Å². The standard InChI is InChI=1S/C6H8BrNO/c1-9-6-4-2-3-5-8(6)7/h2-4H,5H2,1H3. The van der Waals surface area contributed by atoms with Gasteiger partial charge in [0.05, 0.1) is 29.8 Å². The van der Waals surface area contributed by atoms with Crippen molar-refractivity contribution in [3.63, 3.8) is 0 Å². The van der Waals surface area contributed by atoms with Gasteiger partial charge in [0.15, 0.2) is 5.88 Å². The van der Waals surface area contributed by atoms with Crippen LogP contribution in [0.15, 0.2) is 24.1 Å². The summed E-state index contributed by atoms with van der Waals surface area (Å²) in [6, 6.07) is 0. The molecule has 2 nitrogen and oxygen atoms in total. The van der Waals surface area contributed by atoms with Crippen LogP contribution in [0.2, 0.25) is 0 Å². The van der Waals surface area contributed by atoms with E-state index in [2.05, 4.69) is 16.1 Å². The summed E-state index contributed by atoms with van der Waals surface area (Å²) in [6.07, 6.45) is 5.91. The molecule has 0 aliphatic carbocycles. The Bertz CT molecular complexity index is 153. The molecule has 0 saturated heterocycles. The van der Waals surface area contributed by atoms with Crippen LogP contribution >= 0.6 is 16.1 Å². The second kappa shape index (κ2) is 2.92. The SMILES string of the molecule is COC1=CC=CCN1Br. The smallest absolute Gasteiger partial charge is 0.199 e. The molecular weight excluding hydrogens is 182 g/mol. The molecule has 0 unspecified atom stereocenters. The summed E-state index contributed by atoms with van der Waals surface area (Å²) >= 11 is 3.30. The summed E-state index contributed by atoms with van der Waals surface area (Å²) in [6.45, 7) is 0.861. The number of methoxy groups -OCH3 is 1. The van der Waals surface area contributed by atoms with E-state index in [0.29, 0.717) is 0 Å². The molecule has 1 aliphatic rings. The normalized spacial score (nSPS) is 17.6. The summed E-state index contributed by atoms with van der Waals surface area (Å²) < 4.78 is 6.85. The van der Waals surface area contributed by atoms with Gasteiger partial charge in [-0.1, -0.05) is 12.2 Å². The van der Waals surface area contributed by atoms with Gasteiger partial charge in [-0.05, 0) is 6.08 Å². The molecule has 9 heavy (non-hydrogen) atoms. The van der Waals surface area contributed by atoms with Crippen molar-refractivity contribution >= 4 is 16.1 Å². The second-order valence-corrected chi connectivity index (χ2v) is 2.54. The van der Waals surface area contributed by atoms with Crippen LogP contribution in [-0.2, 0) is 4.74 Å². The van der Waals surface area contributed by atoms with Crippen LogP contribution in [0.5, 0.6) is 0 Å². The maximum absolute atomic E-state index is 4.99. The third-order valence-corrected chi connectivity index (χ3v) is 1.73. The monoisotopic (exact) mass is 189 g/mol. The Morgan fingerprint density at radius 1 is 1.78 bits per heavy atom. The van der Waals surface area contributed by atoms with Gasteiger partial charge in [-0.15, -0.1) is 0 Å². The molecule has 3 heteroatoms. The first kappa shape index (κ1) is 6.68. The molecule has 0 atom stereocenters. The Hall–Kier alpha value is -0.440. The zero-order valence-electron chi connectivity index (χ0n) is 5.17. The summed E-state index contributed by atoms with van der Waals surface area (Å²) in [7, 11) is 1.65. The van der Waals surface area contributed by atoms with Crippen molar-refractivity contribution in [3.05, 3.63) is 24.1 Å². The molecule has 0 radical (unpaired) electrons. The first-order valence-electron chi connectivity index (χ1n) is 2.68. The van der Waals surface area contributed by atoms with Gasteiger partial charge in [0.1, 0.15) is 0 Å². The summed E-state index contributed by atoms with van der Waals surface area (Å²) in [5.41, 5.74) is 0. The second-order valence-electron chi connectivity index (χ2n) is 1.68. The highest BCUT2D eigenvalue weighted by atomic mass is 79.9. The van der Waals surface area contributed by atoms with Crippen molar-refractivity contribution in [3.8, 4) is 0 Å². The largest absolute Gasteiger partial charge is 0.482 e. The molecule has 50 valence electrons. The Balaban J connectivity index is 2.63. The Kier molecular flexibility index (Phi) is 2.16. The van der Waals surface area contributed by atoms with Crippen molar-refractivity contribution < 1.29 is 4.74 Å². The Morgan fingerprint density at radius 2 is 2.56 bits per heavy atom. The lowest BCUT2D eigenvalue weighted by atomic mass is 10.4. The van der Waals surface area contributed by atoms with E-state index >= 15 is 0 Å². The van der Waals surface area contributed by atoms with Gasteiger partial charge in [0.25, 0.3) is 0 Å². The van der Waals surface area contributed by atoms with E-state index in [-0.39, 0.29) is 0 Å². The summed E-state index contributed by atoms with van der Waals surface area (Å²) in [5, 5.41) is 0. The Morgan fingerprint density at radius 3 is 3.00 bits per heavy atom. The lowest BCUT2D eigenvalue weighted by molar-refractivity contribution is 0.225. The number of rotatable bonds is 1. The highest BCUT2D eigenvalue weighted by Gasteiger charge is 2.04. The molecular formula is C6H8BrNO. The topological polar surface area (TPSA) is 12.5 Å². The number of nitrogens with zero attached hydrogens (tertiary/aromatic N) is 1. The van der Waals surface area contributed by atoms with Crippen molar-refractivity contribution in [2.75, 3.05) is 13.7 Å². The molecule has 0 fully saturated rings. The van der Waals surface area contributed by atoms with Gasteiger partial charge < -0.3 is 4.74 Å². The minimum Gasteiger partial charge on any atom is -0.482 e. The van der Waals surface area contributed by atoms with E-state index in [0.717, 1.165) is 12.4 Å². The Labute approximate surface area is 63.1 Å². The molecule has 1 rings (SSSR count). The van der Waals surface area contributed by atoms with Crippen LogP contribution in [0.25, 0.3) is 0 Å². The molecule has 0 spiro atoms. The highest BCUT2D eigenvalue weighted by molar-refractivity contribution is 9.07. The fourth-order valence-corrected chi connectivity index (χ4v) is 1.07. The van der Waals surface area contributed by atoms with Crippen molar-refractivity contribution in [2.45, 2.75) is 0 Å². The van der Waals surface area contributed by atoms with E-state index < -0.39 is 0 Å². The van der Waals surface area contributed by atoms with E-state index in [1.54, 1.807) is 7.11 Å². The van der Waals surface area contributed by atoms with Gasteiger partial charge in [-0.3, -0.25) is 3.93 Å². The van der Waals surface area contributed by atoms with Crippen LogP contribution in [0.4, 0.5) is 0 Å². The lowest BCUT2D eigenvalue weighted by Gasteiger charge is -2.18. The first-order valence-corrected chi connectivity index (χ1v) is 3.39. The molecule has 0 bridgehead atoms. The lowest BCUT2D eigenvalue weighted by Crippen LogP contribution is -2.14. The van der Waals surface area contributed by atoms with Gasteiger partial charge in [-0.2, -0.15) is 0 Å². The molecule has 0 N–H and O–H groups in total. The van der Waals surface area contributed by atoms with Crippen molar-refractivity contribution in [2.24, 2.45) is 0 Å². The van der Waals surface area contributed by atoms with Gasteiger partial charge >= 0.3 is 0 Å². The quantitative estimate of drug-likeness (QED) is 0.583. The predicted octanol–water partition coefficient (Wildman–Crippen LogP) is 1.66. The third kappa shape index (κ3) is 1.48. The van der Waals surface area contributed by atoms with Crippen molar-refractivity contribution in [1.82, 2.24) is 3.93 Å². The fraction of sp³-hybridized carbons (Fsp3) is 0.333. The maximum Gasteiger partial charge on any atom is 0.199 e. The fourth-order valence-electron chi connectivity index (χ4n) is 0.642. The van der Waals surface area contributed by atoms with Gasteiger partial charge in [-0.25, -0.2) is 0 Å². The molecule has 0 aromatic carbocycles. The molecule has 1 heterocycles. The maximum atomic E-state index is 4.99. The first-order chi connectivity index (χ1) is 4.34. The van der Waals surface area contributed by atoms with Crippen LogP contribution < -0.4 is 0 Å². The number of halogens is 1. The average molecular weight is 190 g/mol. The molecule has 1 aliphatic heterocycles. The van der Waals surface area contributed by atoms with Crippen LogP contribution in [0.1, 0.15) is 0 Å². The van der Waals surface area contributed by atoms with E-state index in [4.69, 9.17) is 4.74 Å². The minimum absolute atomic E-state index is 0.845. The molecule has 0 aromatic rings. The average Bonchev–Trinajstić information content (AvgIpc) is 1.89. The summed E-state index contributed by atoms with van der Waals surface area (Å²) in [4.78, 5) is 0. The molecule has 0 aromatic heterocycles. The number of allylic oxidation sites excluding steroid dienone is 2. The zero-order valence-corrected chi connectivity index (χ0v) is 6.76. The van der Waals surface area contributed by atoms with Crippen LogP contribution in [0, 0.1) is 0 Å². The van der Waals surface area contributed by atoms with E-state index in [1.165, 1.54) is 0 Å². The zero-order chi connectivity index (χ0) is 6.69. The minimum atomic E-state index is 0.845. The number of hydrogen-bond donors (Lipinski definition) is 0. The summed E-state index contributed by atoms with van der Waals surface area (Å²) in [5.74, 6) is 0.845.